The van der Waals surface area contributed by atoms with Crippen molar-refractivity contribution < 1.29 is 22.7 Å². The third-order valence-electron chi connectivity index (χ3n) is 4.59. The summed E-state index contributed by atoms with van der Waals surface area (Å²) in [4.78, 5) is 12.7. The van der Waals surface area contributed by atoms with E-state index in [0.29, 0.717) is 11.4 Å². The summed E-state index contributed by atoms with van der Waals surface area (Å²) in [5.41, 5.74) is 2.50. The Morgan fingerprint density at radius 1 is 1.21 bits per heavy atom. The highest BCUT2D eigenvalue weighted by atomic mass is 32.2. The Bertz CT molecular complexity index is 989. The number of hydrogen-bond donors (Lipinski definition) is 1. The Labute approximate surface area is 171 Å². The molecule has 0 bridgehead atoms. The summed E-state index contributed by atoms with van der Waals surface area (Å²) >= 11 is 0. The van der Waals surface area contributed by atoms with Gasteiger partial charge in [-0.25, -0.2) is 8.42 Å². The molecule has 7 nitrogen and oxygen atoms in total. The number of benzene rings is 2. The van der Waals surface area contributed by atoms with Crippen molar-refractivity contribution in [3.05, 3.63) is 53.6 Å². The number of rotatable bonds is 6. The van der Waals surface area contributed by atoms with Crippen LogP contribution in [0.2, 0.25) is 0 Å². The first-order valence-corrected chi connectivity index (χ1v) is 11.2. The number of sulfonamides is 1. The molecule has 0 saturated heterocycles. The Morgan fingerprint density at radius 3 is 2.52 bits per heavy atom. The summed E-state index contributed by atoms with van der Waals surface area (Å²) in [5, 5.41) is 2.83. The van der Waals surface area contributed by atoms with E-state index in [1.807, 2.05) is 51.1 Å². The van der Waals surface area contributed by atoms with Gasteiger partial charge in [0.25, 0.3) is 5.91 Å². The van der Waals surface area contributed by atoms with E-state index in [1.54, 1.807) is 12.1 Å². The highest BCUT2D eigenvalue weighted by Gasteiger charge is 2.35. The van der Waals surface area contributed by atoms with Crippen LogP contribution in [-0.2, 0) is 14.8 Å². The maximum Gasteiger partial charge on any atom is 0.263 e. The van der Waals surface area contributed by atoms with Crippen molar-refractivity contribution in [1.29, 1.82) is 0 Å². The lowest BCUT2D eigenvalue weighted by Crippen LogP contribution is -2.52. The smallest absolute Gasteiger partial charge is 0.263 e. The number of fused-ring (bicyclic) bond motifs is 1. The predicted octanol–water partition coefficient (Wildman–Crippen LogP) is 2.41. The van der Waals surface area contributed by atoms with E-state index in [4.69, 9.17) is 9.47 Å². The SMILES string of the molecule is Cc1ccc(OC[C@@H](C)NC(=O)[C@@H]2CN(S(C)(=O)=O)c3cc(C)ccc3O2)cc1. The van der Waals surface area contributed by atoms with Crippen molar-refractivity contribution in [2.24, 2.45) is 0 Å². The molecule has 0 radical (unpaired) electrons. The summed E-state index contributed by atoms with van der Waals surface area (Å²) < 4.78 is 37.2. The van der Waals surface area contributed by atoms with E-state index in [9.17, 15) is 13.2 Å². The van der Waals surface area contributed by atoms with Crippen LogP contribution in [0.4, 0.5) is 5.69 Å². The van der Waals surface area contributed by atoms with E-state index in [0.717, 1.165) is 23.1 Å². The normalized spacial score (nSPS) is 17.1. The molecule has 1 aliphatic heterocycles. The highest BCUT2D eigenvalue weighted by Crippen LogP contribution is 2.35. The molecule has 8 heteroatoms. The predicted molar refractivity (Wildman–Crippen MR) is 112 cm³/mol. The fourth-order valence-corrected chi connectivity index (χ4v) is 3.95. The maximum absolute atomic E-state index is 12.7. The van der Waals surface area contributed by atoms with Crippen molar-refractivity contribution in [3.63, 3.8) is 0 Å². The summed E-state index contributed by atoms with van der Waals surface area (Å²) in [6, 6.07) is 12.6. The van der Waals surface area contributed by atoms with Gasteiger partial charge in [0.1, 0.15) is 18.1 Å². The van der Waals surface area contributed by atoms with Gasteiger partial charge in [0.15, 0.2) is 6.10 Å². The van der Waals surface area contributed by atoms with Crippen LogP contribution in [0.1, 0.15) is 18.1 Å². The average molecular weight is 419 g/mol. The molecule has 0 unspecified atom stereocenters. The van der Waals surface area contributed by atoms with Gasteiger partial charge in [-0.1, -0.05) is 23.8 Å². The largest absolute Gasteiger partial charge is 0.491 e. The third kappa shape index (κ3) is 5.20. The fourth-order valence-electron chi connectivity index (χ4n) is 3.05. The lowest BCUT2D eigenvalue weighted by atomic mass is 10.1. The van der Waals surface area contributed by atoms with Crippen molar-refractivity contribution in [1.82, 2.24) is 5.32 Å². The molecule has 2 aromatic rings. The zero-order chi connectivity index (χ0) is 21.2. The van der Waals surface area contributed by atoms with E-state index >= 15 is 0 Å². The topological polar surface area (TPSA) is 84.9 Å². The molecule has 3 rings (SSSR count). The number of anilines is 1. The van der Waals surface area contributed by atoms with Crippen molar-refractivity contribution in [2.75, 3.05) is 23.7 Å². The quantitative estimate of drug-likeness (QED) is 0.779. The summed E-state index contributed by atoms with van der Waals surface area (Å²) in [6.07, 6.45) is 0.180. The Morgan fingerprint density at radius 2 is 1.86 bits per heavy atom. The first-order valence-electron chi connectivity index (χ1n) is 9.38. The van der Waals surface area contributed by atoms with Gasteiger partial charge in [0, 0.05) is 0 Å². The van der Waals surface area contributed by atoms with E-state index in [2.05, 4.69) is 5.32 Å². The molecule has 2 aromatic carbocycles. The third-order valence-corrected chi connectivity index (χ3v) is 5.73. The molecule has 0 aromatic heterocycles. The van der Waals surface area contributed by atoms with Crippen LogP contribution in [0.15, 0.2) is 42.5 Å². The zero-order valence-corrected chi connectivity index (χ0v) is 17.8. The van der Waals surface area contributed by atoms with Crippen LogP contribution in [0.25, 0.3) is 0 Å². The van der Waals surface area contributed by atoms with Gasteiger partial charge in [0.05, 0.1) is 24.5 Å². The number of ether oxygens (including phenoxy) is 2. The lowest BCUT2D eigenvalue weighted by molar-refractivity contribution is -0.128. The van der Waals surface area contributed by atoms with Gasteiger partial charge in [0.2, 0.25) is 10.0 Å². The van der Waals surface area contributed by atoms with Crippen molar-refractivity contribution in [3.8, 4) is 11.5 Å². The van der Waals surface area contributed by atoms with Crippen LogP contribution in [0, 0.1) is 13.8 Å². The second-order valence-corrected chi connectivity index (χ2v) is 9.31. The van der Waals surface area contributed by atoms with E-state index in [1.165, 1.54) is 4.31 Å². The molecule has 0 fully saturated rings. The fraction of sp³-hybridized carbons (Fsp3) is 0.381. The Balaban J connectivity index is 1.66. The number of carbonyl (C=O) groups is 1. The molecule has 0 saturated carbocycles. The second kappa shape index (κ2) is 8.32. The number of nitrogens with zero attached hydrogens (tertiary/aromatic N) is 1. The molecule has 1 amide bonds. The maximum atomic E-state index is 12.7. The number of amides is 1. The molecular formula is C21H26N2O5S. The minimum Gasteiger partial charge on any atom is -0.491 e. The lowest BCUT2D eigenvalue weighted by Gasteiger charge is -2.34. The van der Waals surface area contributed by atoms with Gasteiger partial charge in [-0.15, -0.1) is 0 Å². The standard InChI is InChI=1S/C21H26N2O5S/c1-14-5-8-17(9-6-14)27-13-16(3)22-21(24)20-12-23(29(4,25)26)18-11-15(2)7-10-19(18)28-20/h5-11,16,20H,12-13H2,1-4H3,(H,22,24)/t16-,20+/m1/s1. The molecule has 1 heterocycles. The van der Waals surface area contributed by atoms with E-state index in [-0.39, 0.29) is 25.1 Å². The molecule has 156 valence electrons. The number of nitrogens with one attached hydrogen (secondary N) is 1. The van der Waals surface area contributed by atoms with Crippen LogP contribution in [0.3, 0.4) is 0 Å². The molecule has 1 N–H and O–H groups in total. The number of hydrogen-bond acceptors (Lipinski definition) is 5. The van der Waals surface area contributed by atoms with Gasteiger partial charge >= 0.3 is 0 Å². The number of aryl methyl sites for hydroxylation is 2. The first-order chi connectivity index (χ1) is 13.6. The summed E-state index contributed by atoms with van der Waals surface area (Å²) in [5.74, 6) is 0.707. The molecule has 0 aliphatic carbocycles. The average Bonchev–Trinajstić information content (AvgIpc) is 2.65. The van der Waals surface area contributed by atoms with Gasteiger partial charge in [-0.05, 0) is 50.6 Å². The number of carbonyl (C=O) groups excluding carboxylic acids is 1. The van der Waals surface area contributed by atoms with Gasteiger partial charge in [-0.2, -0.15) is 0 Å². The van der Waals surface area contributed by atoms with Crippen molar-refractivity contribution in [2.45, 2.75) is 32.9 Å². The van der Waals surface area contributed by atoms with E-state index < -0.39 is 16.1 Å². The monoisotopic (exact) mass is 418 g/mol. The van der Waals surface area contributed by atoms with Crippen molar-refractivity contribution >= 4 is 21.6 Å². The highest BCUT2D eigenvalue weighted by molar-refractivity contribution is 7.92. The van der Waals surface area contributed by atoms with Crippen LogP contribution in [-0.4, -0.2) is 45.9 Å². The zero-order valence-electron chi connectivity index (χ0n) is 17.0. The molecule has 1 aliphatic rings. The minimum atomic E-state index is -3.55. The summed E-state index contributed by atoms with van der Waals surface area (Å²) in [7, 11) is -3.55. The summed E-state index contributed by atoms with van der Waals surface area (Å²) in [6.45, 7) is 5.89. The van der Waals surface area contributed by atoms with Crippen LogP contribution in [0.5, 0.6) is 11.5 Å². The molecule has 29 heavy (non-hydrogen) atoms. The van der Waals surface area contributed by atoms with Crippen LogP contribution < -0.4 is 19.1 Å². The second-order valence-electron chi connectivity index (χ2n) is 7.41. The van der Waals surface area contributed by atoms with Gasteiger partial charge < -0.3 is 14.8 Å². The molecule has 2 atom stereocenters. The molecular weight excluding hydrogens is 392 g/mol. The molecule has 0 spiro atoms. The van der Waals surface area contributed by atoms with Gasteiger partial charge in [-0.3, -0.25) is 9.10 Å². The first kappa shape index (κ1) is 21.0. The Kier molecular flexibility index (Phi) is 6.02. The minimum absolute atomic E-state index is 0.0767. The van der Waals surface area contributed by atoms with Crippen LogP contribution >= 0.6 is 0 Å². The Hall–Kier alpha value is -2.74.